The van der Waals surface area contributed by atoms with Crippen LogP contribution in [-0.2, 0) is 0 Å². The summed E-state index contributed by atoms with van der Waals surface area (Å²) in [4.78, 5) is 9.54. The molecular weight excluding hydrogens is 569 g/mol. The molecule has 10 aromatic rings. The molecule has 0 saturated carbocycles. The lowest BCUT2D eigenvalue weighted by Gasteiger charge is -2.09. The molecule has 0 amide bonds. The summed E-state index contributed by atoms with van der Waals surface area (Å²) in [5.41, 5.74) is 11.4. The van der Waals surface area contributed by atoms with Crippen molar-refractivity contribution >= 4 is 75.4 Å². The highest BCUT2D eigenvalue weighted by Crippen LogP contribution is 2.39. The van der Waals surface area contributed by atoms with E-state index in [1.54, 1.807) is 11.3 Å². The monoisotopic (exact) mass is 592 g/mol. The number of para-hydroxylation sites is 2. The highest BCUT2D eigenvalue weighted by atomic mass is 32.1. The number of fused-ring (bicyclic) bond motifs is 9. The minimum atomic E-state index is 1.02. The maximum absolute atomic E-state index is 4.83. The van der Waals surface area contributed by atoms with E-state index in [1.807, 2.05) is 24.5 Å². The molecule has 0 bridgehead atoms. The third-order valence-corrected chi connectivity index (χ3v) is 10.1. The van der Waals surface area contributed by atoms with Crippen LogP contribution < -0.4 is 0 Å². The van der Waals surface area contributed by atoms with E-state index >= 15 is 0 Å². The Balaban J connectivity index is 1.18. The summed E-state index contributed by atoms with van der Waals surface area (Å²) in [6, 6.07) is 48.0. The minimum absolute atomic E-state index is 1.02. The van der Waals surface area contributed by atoms with Crippen molar-refractivity contribution in [2.24, 2.45) is 0 Å². The van der Waals surface area contributed by atoms with Crippen molar-refractivity contribution in [3.05, 3.63) is 146 Å². The first kappa shape index (κ1) is 24.6. The molecule has 0 radical (unpaired) electrons. The second-order valence-electron chi connectivity index (χ2n) is 11.5. The van der Waals surface area contributed by atoms with Crippen molar-refractivity contribution in [2.45, 2.75) is 0 Å². The molecule has 210 valence electrons. The third kappa shape index (κ3) is 3.59. The van der Waals surface area contributed by atoms with E-state index in [2.05, 4.69) is 130 Å². The predicted octanol–water partition coefficient (Wildman–Crippen LogP) is 10.7. The van der Waals surface area contributed by atoms with E-state index in [1.165, 1.54) is 47.7 Å². The number of benzene rings is 5. The van der Waals surface area contributed by atoms with Crippen LogP contribution >= 0.6 is 11.3 Å². The summed E-state index contributed by atoms with van der Waals surface area (Å²) in [6.07, 6.45) is 3.77. The van der Waals surface area contributed by atoms with Gasteiger partial charge in [0.1, 0.15) is 0 Å². The van der Waals surface area contributed by atoms with Crippen molar-refractivity contribution in [1.82, 2.24) is 19.1 Å². The first-order valence-electron chi connectivity index (χ1n) is 15.1. The second kappa shape index (κ2) is 9.36. The number of nitrogens with zero attached hydrogens (tertiary/aromatic N) is 4. The van der Waals surface area contributed by atoms with Crippen LogP contribution in [0.3, 0.4) is 0 Å². The number of aromatic nitrogens is 4. The highest BCUT2D eigenvalue weighted by Gasteiger charge is 2.17. The van der Waals surface area contributed by atoms with Gasteiger partial charge in [0.05, 0.1) is 37.8 Å². The van der Waals surface area contributed by atoms with Crippen LogP contribution in [0, 0.1) is 0 Å². The van der Waals surface area contributed by atoms with Crippen LogP contribution in [0.5, 0.6) is 0 Å². The topological polar surface area (TPSA) is 35.6 Å². The minimum Gasteiger partial charge on any atom is -0.309 e. The van der Waals surface area contributed by atoms with Gasteiger partial charge in [-0.15, -0.1) is 11.3 Å². The summed E-state index contributed by atoms with van der Waals surface area (Å²) in [5.74, 6) is 0. The molecule has 0 aliphatic rings. The molecule has 0 saturated heterocycles. The average Bonchev–Trinajstić information content (AvgIpc) is 3.75. The predicted molar refractivity (Wildman–Crippen MR) is 189 cm³/mol. The fourth-order valence-corrected chi connectivity index (χ4v) is 8.07. The first-order valence-corrected chi connectivity index (χ1v) is 15.9. The Morgan fingerprint density at radius 2 is 1.07 bits per heavy atom. The average molecular weight is 593 g/mol. The molecule has 0 N–H and O–H groups in total. The fraction of sp³-hybridized carbons (Fsp3) is 0. The van der Waals surface area contributed by atoms with Gasteiger partial charge in [0, 0.05) is 50.0 Å². The Bertz CT molecular complexity index is 2770. The summed E-state index contributed by atoms with van der Waals surface area (Å²) in [5, 5.41) is 4.83. The van der Waals surface area contributed by atoms with Gasteiger partial charge >= 0.3 is 0 Å². The standard InChI is InChI=1S/C40H24N4S/c1-2-8-27(9-3-1)43-35-18-15-26(23-31(35)39-36(43)12-6-20-41-39)25-14-17-34-30(22-25)29-10-4-5-11-33(29)44(34)28-16-19-37-32(24-28)40-38(45-37)13-7-21-42-40/h1-24H. The van der Waals surface area contributed by atoms with Gasteiger partial charge in [-0.2, -0.15) is 0 Å². The van der Waals surface area contributed by atoms with Crippen molar-refractivity contribution < 1.29 is 0 Å². The maximum Gasteiger partial charge on any atom is 0.0963 e. The van der Waals surface area contributed by atoms with Crippen LogP contribution in [0.2, 0.25) is 0 Å². The molecule has 5 aromatic carbocycles. The zero-order valence-electron chi connectivity index (χ0n) is 24.1. The number of hydrogen-bond acceptors (Lipinski definition) is 3. The van der Waals surface area contributed by atoms with E-state index < -0.39 is 0 Å². The summed E-state index contributed by atoms with van der Waals surface area (Å²) in [6.45, 7) is 0. The molecule has 45 heavy (non-hydrogen) atoms. The van der Waals surface area contributed by atoms with Crippen molar-refractivity contribution in [2.75, 3.05) is 0 Å². The van der Waals surface area contributed by atoms with Crippen LogP contribution in [0.15, 0.2) is 146 Å². The van der Waals surface area contributed by atoms with Crippen molar-refractivity contribution in [1.29, 1.82) is 0 Å². The molecule has 0 unspecified atom stereocenters. The van der Waals surface area contributed by atoms with Gasteiger partial charge in [-0.1, -0.05) is 48.5 Å². The SMILES string of the molecule is c1ccc(-n2c3ccc(-c4ccc5c(c4)c4ccccc4n5-c4ccc5sc6cccnc6c5c4)cc3c3ncccc32)cc1. The Kier molecular flexibility index (Phi) is 5.12. The van der Waals surface area contributed by atoms with Crippen molar-refractivity contribution in [3.8, 4) is 22.5 Å². The molecule has 0 spiro atoms. The molecule has 0 aliphatic carbocycles. The van der Waals surface area contributed by atoms with E-state index in [4.69, 9.17) is 9.97 Å². The van der Waals surface area contributed by atoms with E-state index in [9.17, 15) is 0 Å². The van der Waals surface area contributed by atoms with Crippen LogP contribution in [-0.4, -0.2) is 19.1 Å². The van der Waals surface area contributed by atoms with Gasteiger partial charge < -0.3 is 9.13 Å². The number of hydrogen-bond donors (Lipinski definition) is 0. The Morgan fingerprint density at radius 1 is 0.400 bits per heavy atom. The molecule has 5 heterocycles. The van der Waals surface area contributed by atoms with Crippen LogP contribution in [0.4, 0.5) is 0 Å². The normalized spacial score (nSPS) is 12.0. The molecule has 0 aliphatic heterocycles. The smallest absolute Gasteiger partial charge is 0.0963 e. The largest absolute Gasteiger partial charge is 0.309 e. The number of thiophene rings is 1. The van der Waals surface area contributed by atoms with Crippen LogP contribution in [0.25, 0.3) is 86.5 Å². The summed E-state index contributed by atoms with van der Waals surface area (Å²) in [7, 11) is 0. The lowest BCUT2D eigenvalue weighted by atomic mass is 10.0. The first-order chi connectivity index (χ1) is 22.3. The van der Waals surface area contributed by atoms with E-state index in [0.29, 0.717) is 0 Å². The van der Waals surface area contributed by atoms with Gasteiger partial charge in [-0.3, -0.25) is 9.97 Å². The molecule has 0 atom stereocenters. The van der Waals surface area contributed by atoms with E-state index in [0.717, 1.165) is 38.8 Å². The summed E-state index contributed by atoms with van der Waals surface area (Å²) >= 11 is 1.80. The van der Waals surface area contributed by atoms with Gasteiger partial charge in [-0.05, 0) is 96.1 Å². The van der Waals surface area contributed by atoms with Crippen molar-refractivity contribution in [3.63, 3.8) is 0 Å². The molecule has 0 fully saturated rings. The molecule has 10 rings (SSSR count). The van der Waals surface area contributed by atoms with E-state index in [-0.39, 0.29) is 0 Å². The Hall–Kier alpha value is -5.78. The maximum atomic E-state index is 4.83. The third-order valence-electron chi connectivity index (χ3n) is 9.01. The van der Waals surface area contributed by atoms with Gasteiger partial charge in [0.25, 0.3) is 0 Å². The molecule has 5 heteroatoms. The zero-order chi connectivity index (χ0) is 29.5. The molecule has 5 aromatic heterocycles. The lowest BCUT2D eigenvalue weighted by molar-refractivity contribution is 1.18. The highest BCUT2D eigenvalue weighted by molar-refractivity contribution is 7.25. The second-order valence-corrected chi connectivity index (χ2v) is 12.6. The molecule has 4 nitrogen and oxygen atoms in total. The number of pyridine rings is 2. The van der Waals surface area contributed by atoms with Gasteiger partial charge in [0.15, 0.2) is 0 Å². The quantitative estimate of drug-likeness (QED) is 0.205. The van der Waals surface area contributed by atoms with Crippen LogP contribution in [0.1, 0.15) is 0 Å². The Morgan fingerprint density at radius 3 is 1.93 bits per heavy atom. The Labute approximate surface area is 262 Å². The fourth-order valence-electron chi connectivity index (χ4n) is 7.03. The molecular formula is C40H24N4S. The van der Waals surface area contributed by atoms with Gasteiger partial charge in [-0.25, -0.2) is 0 Å². The van der Waals surface area contributed by atoms with Gasteiger partial charge in [0.2, 0.25) is 0 Å². The zero-order valence-corrected chi connectivity index (χ0v) is 24.9. The summed E-state index contributed by atoms with van der Waals surface area (Å²) < 4.78 is 7.17. The number of rotatable bonds is 3. The lowest BCUT2D eigenvalue weighted by Crippen LogP contribution is -1.93.